The first-order valence-electron chi connectivity index (χ1n) is 5.74. The molecule has 0 radical (unpaired) electrons. The van der Waals surface area contributed by atoms with Crippen LogP contribution in [-0.4, -0.2) is 23.5 Å². The molecule has 2 nitrogen and oxygen atoms in total. The van der Waals surface area contributed by atoms with Crippen molar-refractivity contribution in [2.45, 2.75) is 25.3 Å². The van der Waals surface area contributed by atoms with Crippen LogP contribution in [0.25, 0.3) is 0 Å². The highest BCUT2D eigenvalue weighted by molar-refractivity contribution is 6.31. The second-order valence-electron chi connectivity index (χ2n) is 4.57. The van der Waals surface area contributed by atoms with Crippen LogP contribution in [-0.2, 0) is 23.9 Å². The van der Waals surface area contributed by atoms with Crippen molar-refractivity contribution in [3.63, 3.8) is 0 Å². The maximum Gasteiger partial charge on any atom is 0.471 e. The SMILES string of the molecule is O=C(N1CCc2c(Cl)cc(C(F)(F)F)cc2C1)C(F)(F)F. The first kappa shape index (κ1) is 15.9. The molecule has 1 aromatic carbocycles. The number of amides is 1. The number of carbonyl (C=O) groups excluding carboxylic acids is 1. The summed E-state index contributed by atoms with van der Waals surface area (Å²) in [7, 11) is 0. The maximum atomic E-state index is 12.7. The fraction of sp³-hybridized carbons (Fsp3) is 0.417. The van der Waals surface area contributed by atoms with Crippen molar-refractivity contribution in [2.75, 3.05) is 6.54 Å². The second kappa shape index (κ2) is 5.08. The van der Waals surface area contributed by atoms with Crippen LogP contribution in [0.2, 0.25) is 5.02 Å². The van der Waals surface area contributed by atoms with Gasteiger partial charge in [-0.2, -0.15) is 26.3 Å². The molecule has 1 aliphatic rings. The Morgan fingerprint density at radius 2 is 1.76 bits per heavy atom. The normalized spacial score (nSPS) is 15.9. The minimum absolute atomic E-state index is 0.0151. The van der Waals surface area contributed by atoms with Gasteiger partial charge in [-0.25, -0.2) is 0 Å². The molecule has 2 rings (SSSR count). The van der Waals surface area contributed by atoms with Gasteiger partial charge in [0.05, 0.1) is 5.56 Å². The number of carbonyl (C=O) groups is 1. The quantitative estimate of drug-likeness (QED) is 0.662. The molecule has 0 aliphatic carbocycles. The van der Waals surface area contributed by atoms with Gasteiger partial charge in [0, 0.05) is 18.1 Å². The number of hydrogen-bond donors (Lipinski definition) is 0. The first-order valence-corrected chi connectivity index (χ1v) is 6.12. The Balaban J connectivity index is 2.36. The lowest BCUT2D eigenvalue weighted by atomic mass is 9.97. The van der Waals surface area contributed by atoms with Crippen molar-refractivity contribution in [2.24, 2.45) is 0 Å². The number of benzene rings is 1. The Morgan fingerprint density at radius 1 is 1.14 bits per heavy atom. The van der Waals surface area contributed by atoms with E-state index in [2.05, 4.69) is 0 Å². The molecule has 0 aromatic heterocycles. The third kappa shape index (κ3) is 3.25. The fourth-order valence-corrected chi connectivity index (χ4v) is 2.50. The monoisotopic (exact) mass is 331 g/mol. The maximum absolute atomic E-state index is 12.7. The van der Waals surface area contributed by atoms with Crippen molar-refractivity contribution < 1.29 is 31.1 Å². The Labute approximate surface area is 120 Å². The number of hydrogen-bond acceptors (Lipinski definition) is 1. The summed E-state index contributed by atoms with van der Waals surface area (Å²) < 4.78 is 75.1. The molecule has 0 unspecified atom stereocenters. The molecule has 0 saturated heterocycles. The molecule has 1 heterocycles. The molecule has 1 amide bonds. The molecule has 21 heavy (non-hydrogen) atoms. The zero-order valence-electron chi connectivity index (χ0n) is 10.3. The number of nitrogens with zero attached hydrogens (tertiary/aromatic N) is 1. The van der Waals surface area contributed by atoms with Gasteiger partial charge in [-0.15, -0.1) is 0 Å². The van der Waals surface area contributed by atoms with Crippen LogP contribution in [0.5, 0.6) is 0 Å². The summed E-state index contributed by atoms with van der Waals surface area (Å²) in [5, 5.41) is -0.154. The van der Waals surface area contributed by atoms with E-state index in [0.717, 1.165) is 12.1 Å². The van der Waals surface area contributed by atoms with Crippen LogP contribution in [0.3, 0.4) is 0 Å². The van der Waals surface area contributed by atoms with Crippen LogP contribution < -0.4 is 0 Å². The van der Waals surface area contributed by atoms with Crippen molar-refractivity contribution in [3.05, 3.63) is 33.8 Å². The Kier molecular flexibility index (Phi) is 3.86. The molecule has 0 atom stereocenters. The fourth-order valence-electron chi connectivity index (χ4n) is 2.16. The van der Waals surface area contributed by atoms with Gasteiger partial charge in [0.1, 0.15) is 0 Å². The van der Waals surface area contributed by atoms with E-state index in [1.54, 1.807) is 0 Å². The Hall–Kier alpha value is -1.44. The number of fused-ring (bicyclic) bond motifs is 1. The third-order valence-electron chi connectivity index (χ3n) is 3.14. The summed E-state index contributed by atoms with van der Waals surface area (Å²) >= 11 is 5.74. The van der Waals surface area contributed by atoms with Crippen molar-refractivity contribution in [1.82, 2.24) is 4.90 Å². The second-order valence-corrected chi connectivity index (χ2v) is 4.98. The number of rotatable bonds is 0. The largest absolute Gasteiger partial charge is 0.471 e. The molecular weight excluding hydrogens is 324 g/mol. The smallest absolute Gasteiger partial charge is 0.330 e. The van der Waals surface area contributed by atoms with Crippen molar-refractivity contribution >= 4 is 17.5 Å². The van der Waals surface area contributed by atoms with E-state index < -0.39 is 30.4 Å². The van der Waals surface area contributed by atoms with Crippen LogP contribution in [0.4, 0.5) is 26.3 Å². The summed E-state index contributed by atoms with van der Waals surface area (Å²) in [5.41, 5.74) is -0.720. The van der Waals surface area contributed by atoms with E-state index in [1.165, 1.54) is 0 Å². The lowest BCUT2D eigenvalue weighted by molar-refractivity contribution is -0.186. The average Bonchev–Trinajstić information content (AvgIpc) is 2.35. The zero-order chi connectivity index (χ0) is 16.0. The molecule has 0 bridgehead atoms. The minimum Gasteiger partial charge on any atom is -0.330 e. The lowest BCUT2D eigenvalue weighted by Gasteiger charge is -2.30. The van der Waals surface area contributed by atoms with Gasteiger partial charge >= 0.3 is 18.3 Å². The van der Waals surface area contributed by atoms with E-state index in [1.807, 2.05) is 0 Å². The highest BCUT2D eigenvalue weighted by atomic mass is 35.5. The number of halogens is 7. The summed E-state index contributed by atoms with van der Waals surface area (Å²) in [4.78, 5) is 11.6. The highest BCUT2D eigenvalue weighted by Gasteiger charge is 2.43. The van der Waals surface area contributed by atoms with Crippen LogP contribution >= 0.6 is 11.6 Å². The number of alkyl halides is 6. The van der Waals surface area contributed by atoms with Gasteiger partial charge in [-0.05, 0) is 29.7 Å². The molecule has 1 aromatic rings. The van der Waals surface area contributed by atoms with Crippen molar-refractivity contribution in [3.8, 4) is 0 Å². The lowest BCUT2D eigenvalue weighted by Crippen LogP contribution is -2.43. The standard InChI is InChI=1S/C12H8ClF6NO/c13-9-4-7(11(14,15)16)3-6-5-20(2-1-8(6)9)10(21)12(17,18)19/h3-4H,1-2,5H2. The molecule has 0 fully saturated rings. The van der Waals surface area contributed by atoms with Gasteiger partial charge in [0.25, 0.3) is 0 Å². The molecule has 0 saturated carbocycles. The predicted octanol–water partition coefficient (Wildman–Crippen LogP) is 3.81. The van der Waals surface area contributed by atoms with E-state index in [4.69, 9.17) is 11.6 Å². The van der Waals surface area contributed by atoms with Crippen LogP contribution in [0.15, 0.2) is 12.1 Å². The Bertz CT molecular complexity index is 580. The van der Waals surface area contributed by atoms with Gasteiger partial charge in [0.15, 0.2) is 0 Å². The summed E-state index contributed by atoms with van der Waals surface area (Å²) in [6.07, 6.45) is -9.73. The topological polar surface area (TPSA) is 20.3 Å². The zero-order valence-corrected chi connectivity index (χ0v) is 11.0. The summed E-state index contributed by atoms with van der Waals surface area (Å²) in [5.74, 6) is -2.07. The predicted molar refractivity (Wildman–Crippen MR) is 61.6 cm³/mol. The van der Waals surface area contributed by atoms with Gasteiger partial charge < -0.3 is 4.90 Å². The summed E-state index contributed by atoms with van der Waals surface area (Å²) in [6.45, 7) is -0.784. The molecule has 0 spiro atoms. The Morgan fingerprint density at radius 3 is 2.29 bits per heavy atom. The van der Waals surface area contributed by atoms with Crippen molar-refractivity contribution in [1.29, 1.82) is 0 Å². The average molecular weight is 332 g/mol. The first-order chi connectivity index (χ1) is 9.50. The van der Waals surface area contributed by atoms with Crippen LogP contribution in [0, 0.1) is 0 Å². The molecule has 0 N–H and O–H groups in total. The molecule has 116 valence electrons. The van der Waals surface area contributed by atoms with E-state index in [9.17, 15) is 31.1 Å². The molecule has 9 heteroatoms. The molecule has 1 aliphatic heterocycles. The van der Waals surface area contributed by atoms with Gasteiger partial charge in [-0.3, -0.25) is 4.79 Å². The van der Waals surface area contributed by atoms with E-state index in [-0.39, 0.29) is 23.6 Å². The van der Waals surface area contributed by atoms with E-state index in [0.29, 0.717) is 10.5 Å². The minimum atomic E-state index is -5.05. The van der Waals surface area contributed by atoms with E-state index >= 15 is 0 Å². The molecular formula is C12H8ClF6NO. The van der Waals surface area contributed by atoms with Gasteiger partial charge in [-0.1, -0.05) is 11.6 Å². The third-order valence-corrected chi connectivity index (χ3v) is 3.48. The summed E-state index contributed by atoms with van der Waals surface area (Å²) in [6, 6.07) is 1.47. The highest BCUT2D eigenvalue weighted by Crippen LogP contribution is 2.36. The van der Waals surface area contributed by atoms with Gasteiger partial charge in [0.2, 0.25) is 0 Å². The van der Waals surface area contributed by atoms with Crippen LogP contribution in [0.1, 0.15) is 16.7 Å².